The van der Waals surface area contributed by atoms with E-state index >= 15 is 0 Å². The Labute approximate surface area is 185 Å². The number of aromatic nitrogens is 1. The highest BCUT2D eigenvalue weighted by atomic mass is 16.6. The fraction of sp³-hybridized carbons (Fsp3) is 0.217. The van der Waals surface area contributed by atoms with Crippen molar-refractivity contribution in [3.05, 3.63) is 86.7 Å². The van der Waals surface area contributed by atoms with E-state index in [1.165, 1.54) is 6.07 Å². The third-order valence-corrected chi connectivity index (χ3v) is 5.15. The van der Waals surface area contributed by atoms with Crippen molar-refractivity contribution in [1.82, 2.24) is 4.68 Å². The van der Waals surface area contributed by atoms with Gasteiger partial charge < -0.3 is 10.1 Å². The van der Waals surface area contributed by atoms with Crippen LogP contribution in [0.5, 0.6) is 5.75 Å². The van der Waals surface area contributed by atoms with Gasteiger partial charge in [-0.2, -0.15) is 0 Å². The molecule has 1 heterocycles. The van der Waals surface area contributed by atoms with E-state index in [0.29, 0.717) is 16.9 Å². The Balaban J connectivity index is 1.61. The minimum absolute atomic E-state index is 0.159. The molecule has 2 N–H and O–H groups in total. The number of amides is 2. The zero-order valence-corrected chi connectivity index (χ0v) is 18.3. The molecule has 0 spiro atoms. The highest BCUT2D eigenvalue weighted by Gasteiger charge is 2.19. The molecule has 3 aromatic rings. The van der Waals surface area contributed by atoms with E-state index in [9.17, 15) is 19.7 Å². The third-order valence-electron chi connectivity index (χ3n) is 5.15. The fourth-order valence-electron chi connectivity index (χ4n) is 3.15. The minimum Gasteiger partial charge on any atom is -0.484 e. The number of nitrogens with zero attached hydrogens (tertiary/aromatic N) is 2. The maximum atomic E-state index is 12.5. The van der Waals surface area contributed by atoms with Crippen molar-refractivity contribution in [1.29, 1.82) is 0 Å². The van der Waals surface area contributed by atoms with Crippen molar-refractivity contribution >= 4 is 23.2 Å². The molecule has 0 aliphatic heterocycles. The van der Waals surface area contributed by atoms with E-state index in [4.69, 9.17) is 4.74 Å². The summed E-state index contributed by atoms with van der Waals surface area (Å²) >= 11 is 0. The van der Waals surface area contributed by atoms with Crippen molar-refractivity contribution < 1.29 is 19.2 Å². The molecule has 3 rings (SSSR count). The van der Waals surface area contributed by atoms with Gasteiger partial charge in [-0.05, 0) is 75.2 Å². The van der Waals surface area contributed by atoms with Gasteiger partial charge in [0.2, 0.25) is 0 Å². The quantitative estimate of drug-likeness (QED) is 0.429. The van der Waals surface area contributed by atoms with Crippen LogP contribution >= 0.6 is 0 Å². The topological polar surface area (TPSA) is 116 Å². The molecule has 0 aliphatic rings. The number of benzene rings is 2. The predicted octanol–water partition coefficient (Wildman–Crippen LogP) is 4.03. The highest BCUT2D eigenvalue weighted by Crippen LogP contribution is 2.30. The van der Waals surface area contributed by atoms with Crippen molar-refractivity contribution in [2.45, 2.75) is 27.7 Å². The normalized spacial score (nSPS) is 10.5. The first-order valence-electron chi connectivity index (χ1n) is 9.91. The molecule has 166 valence electrons. The second kappa shape index (κ2) is 9.34. The lowest BCUT2D eigenvalue weighted by Crippen LogP contribution is -2.24. The molecule has 0 aliphatic carbocycles. The number of nitrogens with one attached hydrogen (secondary N) is 2. The summed E-state index contributed by atoms with van der Waals surface area (Å²) in [6, 6.07) is 13.2. The molecular formula is C23H24N4O5. The fourth-order valence-corrected chi connectivity index (χ4v) is 3.15. The molecule has 1 aromatic heterocycles. The highest BCUT2D eigenvalue weighted by molar-refractivity contribution is 6.00. The van der Waals surface area contributed by atoms with Gasteiger partial charge in [-0.1, -0.05) is 6.07 Å². The van der Waals surface area contributed by atoms with E-state index in [2.05, 4.69) is 10.7 Å². The summed E-state index contributed by atoms with van der Waals surface area (Å²) in [7, 11) is 0. The van der Waals surface area contributed by atoms with E-state index < -0.39 is 10.8 Å². The molecule has 0 bridgehead atoms. The van der Waals surface area contributed by atoms with Crippen LogP contribution in [0.15, 0.2) is 48.5 Å². The largest absolute Gasteiger partial charge is 0.484 e. The van der Waals surface area contributed by atoms with Crippen LogP contribution in [0.25, 0.3) is 0 Å². The number of anilines is 1. The standard InChI is InChI=1S/C23H24N4O5/c1-14-5-12-20(27(30)31)22(17(14)4)24-21(28)13-32-19-10-8-18(9-11-19)23(29)25-26-15(2)6-7-16(26)3/h5-12H,13H2,1-4H3,(H,24,28)(H,25,29). The Morgan fingerprint density at radius 2 is 1.59 bits per heavy atom. The van der Waals surface area contributed by atoms with Gasteiger partial charge in [0.25, 0.3) is 17.5 Å². The van der Waals surface area contributed by atoms with Crippen LogP contribution in [-0.2, 0) is 4.79 Å². The number of nitro groups is 1. The zero-order valence-electron chi connectivity index (χ0n) is 18.3. The number of carbonyl (C=O) groups excluding carboxylic acids is 2. The Kier molecular flexibility index (Phi) is 6.58. The zero-order chi connectivity index (χ0) is 23.4. The molecular weight excluding hydrogens is 412 g/mol. The maximum Gasteiger partial charge on any atom is 0.293 e. The average Bonchev–Trinajstić information content (AvgIpc) is 3.07. The van der Waals surface area contributed by atoms with Crippen LogP contribution < -0.4 is 15.5 Å². The monoisotopic (exact) mass is 436 g/mol. The van der Waals surface area contributed by atoms with E-state index in [1.807, 2.05) is 32.9 Å². The lowest BCUT2D eigenvalue weighted by Gasteiger charge is -2.13. The van der Waals surface area contributed by atoms with Crippen molar-refractivity contribution in [3.8, 4) is 5.75 Å². The number of nitro benzene ring substituents is 1. The molecule has 2 amide bonds. The third kappa shape index (κ3) is 4.94. The molecule has 9 nitrogen and oxygen atoms in total. The molecule has 0 unspecified atom stereocenters. The lowest BCUT2D eigenvalue weighted by molar-refractivity contribution is -0.384. The van der Waals surface area contributed by atoms with Gasteiger partial charge in [-0.3, -0.25) is 29.8 Å². The number of carbonyl (C=O) groups is 2. The van der Waals surface area contributed by atoms with Gasteiger partial charge in [-0.15, -0.1) is 0 Å². The predicted molar refractivity (Wildman–Crippen MR) is 121 cm³/mol. The summed E-state index contributed by atoms with van der Waals surface area (Å²) < 4.78 is 7.17. The van der Waals surface area contributed by atoms with Crippen molar-refractivity contribution in [2.75, 3.05) is 17.3 Å². The van der Waals surface area contributed by atoms with Crippen molar-refractivity contribution in [2.24, 2.45) is 0 Å². The minimum atomic E-state index is -0.538. The Bertz CT molecular complexity index is 1160. The van der Waals surface area contributed by atoms with Gasteiger partial charge in [0, 0.05) is 23.0 Å². The van der Waals surface area contributed by atoms with E-state index in [-0.39, 0.29) is 23.9 Å². The molecule has 0 saturated carbocycles. The smallest absolute Gasteiger partial charge is 0.293 e. The van der Waals surface area contributed by atoms with Gasteiger partial charge in [-0.25, -0.2) is 0 Å². The van der Waals surface area contributed by atoms with Gasteiger partial charge in [0.15, 0.2) is 6.61 Å². The second-order valence-corrected chi connectivity index (χ2v) is 7.41. The summed E-state index contributed by atoms with van der Waals surface area (Å²) in [5, 5.41) is 13.8. The van der Waals surface area contributed by atoms with Gasteiger partial charge in [0.05, 0.1) is 4.92 Å². The lowest BCUT2D eigenvalue weighted by atomic mass is 10.1. The second-order valence-electron chi connectivity index (χ2n) is 7.41. The van der Waals surface area contributed by atoms with Crippen LogP contribution in [0.1, 0.15) is 32.9 Å². The number of rotatable bonds is 7. The number of hydrogen-bond donors (Lipinski definition) is 2. The number of hydrogen-bond acceptors (Lipinski definition) is 5. The van der Waals surface area contributed by atoms with Crippen LogP contribution in [0.2, 0.25) is 0 Å². The molecule has 32 heavy (non-hydrogen) atoms. The van der Waals surface area contributed by atoms with E-state index in [0.717, 1.165) is 17.0 Å². The first kappa shape index (κ1) is 22.5. The Morgan fingerprint density at radius 3 is 2.19 bits per heavy atom. The van der Waals surface area contributed by atoms with Crippen LogP contribution in [0.4, 0.5) is 11.4 Å². The molecule has 0 saturated heterocycles. The summed E-state index contributed by atoms with van der Waals surface area (Å²) in [6.07, 6.45) is 0. The van der Waals surface area contributed by atoms with Gasteiger partial charge >= 0.3 is 0 Å². The molecule has 2 aromatic carbocycles. The molecule has 0 radical (unpaired) electrons. The van der Waals surface area contributed by atoms with Crippen LogP contribution in [0, 0.1) is 37.8 Å². The Morgan fingerprint density at radius 1 is 0.969 bits per heavy atom. The summed E-state index contributed by atoms with van der Waals surface area (Å²) in [5.41, 5.74) is 6.49. The average molecular weight is 436 g/mol. The molecule has 0 atom stereocenters. The molecule has 0 fully saturated rings. The summed E-state index contributed by atoms with van der Waals surface area (Å²) in [5.74, 6) is -0.415. The maximum absolute atomic E-state index is 12.5. The number of ether oxygens (including phenoxy) is 1. The molecule has 9 heteroatoms. The Hall–Kier alpha value is -4.14. The van der Waals surface area contributed by atoms with Crippen molar-refractivity contribution in [3.63, 3.8) is 0 Å². The first-order chi connectivity index (χ1) is 15.2. The van der Waals surface area contributed by atoms with Crippen LogP contribution in [-0.4, -0.2) is 28.0 Å². The first-order valence-corrected chi connectivity index (χ1v) is 9.91. The SMILES string of the molecule is Cc1ccc([N+](=O)[O-])c(NC(=O)COc2ccc(C(=O)Nn3c(C)ccc3C)cc2)c1C. The van der Waals surface area contributed by atoms with Crippen LogP contribution in [0.3, 0.4) is 0 Å². The summed E-state index contributed by atoms with van der Waals surface area (Å²) in [4.78, 5) is 35.5. The number of aryl methyl sites for hydroxylation is 3. The van der Waals surface area contributed by atoms with E-state index in [1.54, 1.807) is 41.9 Å². The summed E-state index contributed by atoms with van der Waals surface area (Å²) in [6.45, 7) is 6.96. The van der Waals surface area contributed by atoms with Gasteiger partial charge in [0.1, 0.15) is 11.4 Å².